The lowest BCUT2D eigenvalue weighted by Gasteiger charge is -2.26. The van der Waals surface area contributed by atoms with Crippen molar-refractivity contribution in [3.8, 4) is 0 Å². The monoisotopic (exact) mass is 332 g/mol. The van der Waals surface area contributed by atoms with Crippen molar-refractivity contribution in [2.75, 3.05) is 31.6 Å². The van der Waals surface area contributed by atoms with Crippen LogP contribution in [0.25, 0.3) is 0 Å². The highest BCUT2D eigenvalue weighted by Gasteiger charge is 2.20. The second-order valence-corrected chi connectivity index (χ2v) is 5.71. The molecule has 1 saturated heterocycles. The van der Waals surface area contributed by atoms with Crippen molar-refractivity contribution in [1.29, 1.82) is 0 Å². The summed E-state index contributed by atoms with van der Waals surface area (Å²) in [5.74, 6) is 0.448. The van der Waals surface area contributed by atoms with Crippen LogP contribution in [0.5, 0.6) is 0 Å². The van der Waals surface area contributed by atoms with Gasteiger partial charge in [-0.2, -0.15) is 0 Å². The van der Waals surface area contributed by atoms with Gasteiger partial charge in [0.1, 0.15) is 17.8 Å². The first kappa shape index (κ1) is 15.7. The Hall–Kier alpha value is -2.18. The maximum Gasteiger partial charge on any atom is 0.272 e. The maximum absolute atomic E-state index is 12.5. The zero-order valence-corrected chi connectivity index (χ0v) is 13.5. The first-order chi connectivity index (χ1) is 11.1. The van der Waals surface area contributed by atoms with Gasteiger partial charge in [-0.15, -0.1) is 0 Å². The van der Waals surface area contributed by atoms with Gasteiger partial charge in [0.15, 0.2) is 0 Å². The van der Waals surface area contributed by atoms with E-state index < -0.39 is 0 Å². The molecule has 1 fully saturated rings. The number of aromatic nitrogens is 2. The van der Waals surface area contributed by atoms with E-state index in [-0.39, 0.29) is 5.91 Å². The maximum atomic E-state index is 12.5. The Labute approximate surface area is 139 Å². The molecule has 2 heterocycles. The zero-order valence-electron chi connectivity index (χ0n) is 12.8. The standard InChI is InChI=1S/C16H17ClN4O2/c1-11-2-3-12(17)8-13(11)20-15-9-14(18-10-19-15)16(22)21-4-6-23-7-5-21/h2-3,8-10H,4-7H2,1H3,(H,18,19,20). The highest BCUT2D eigenvalue weighted by Crippen LogP contribution is 2.23. The Bertz CT molecular complexity index is 717. The Morgan fingerprint density at radius 2 is 2.04 bits per heavy atom. The summed E-state index contributed by atoms with van der Waals surface area (Å²) in [7, 11) is 0. The molecule has 7 heteroatoms. The van der Waals surface area contributed by atoms with E-state index in [1.165, 1.54) is 6.33 Å². The van der Waals surface area contributed by atoms with E-state index in [9.17, 15) is 4.79 Å². The summed E-state index contributed by atoms with van der Waals surface area (Å²) in [6, 6.07) is 7.22. The number of benzene rings is 1. The molecule has 1 aromatic carbocycles. The zero-order chi connectivity index (χ0) is 16.2. The van der Waals surface area contributed by atoms with Crippen LogP contribution in [0.2, 0.25) is 5.02 Å². The van der Waals surface area contributed by atoms with E-state index in [4.69, 9.17) is 16.3 Å². The molecule has 0 bridgehead atoms. The average Bonchev–Trinajstić information content (AvgIpc) is 2.58. The molecule has 1 aromatic heterocycles. The molecule has 1 N–H and O–H groups in total. The highest BCUT2D eigenvalue weighted by atomic mass is 35.5. The number of carbonyl (C=O) groups is 1. The molecule has 0 unspecified atom stereocenters. The van der Waals surface area contributed by atoms with Gasteiger partial charge in [0.25, 0.3) is 5.91 Å². The van der Waals surface area contributed by atoms with Crippen LogP contribution in [0.15, 0.2) is 30.6 Å². The molecular weight excluding hydrogens is 316 g/mol. The van der Waals surface area contributed by atoms with Crippen molar-refractivity contribution in [2.24, 2.45) is 0 Å². The van der Waals surface area contributed by atoms with Crippen LogP contribution in [0, 0.1) is 6.92 Å². The molecule has 0 saturated carbocycles. The summed E-state index contributed by atoms with van der Waals surface area (Å²) in [4.78, 5) is 22.5. The summed E-state index contributed by atoms with van der Waals surface area (Å²) >= 11 is 6.02. The number of hydrogen-bond donors (Lipinski definition) is 1. The number of morpholine rings is 1. The van der Waals surface area contributed by atoms with Crippen molar-refractivity contribution in [2.45, 2.75) is 6.92 Å². The number of hydrogen-bond acceptors (Lipinski definition) is 5. The van der Waals surface area contributed by atoms with Gasteiger partial charge >= 0.3 is 0 Å². The average molecular weight is 333 g/mol. The molecule has 1 aliphatic heterocycles. The highest BCUT2D eigenvalue weighted by molar-refractivity contribution is 6.30. The van der Waals surface area contributed by atoms with Crippen molar-refractivity contribution < 1.29 is 9.53 Å². The third kappa shape index (κ3) is 3.78. The van der Waals surface area contributed by atoms with Gasteiger partial charge in [0, 0.05) is 29.9 Å². The summed E-state index contributed by atoms with van der Waals surface area (Å²) in [5.41, 5.74) is 2.25. The topological polar surface area (TPSA) is 67.4 Å². The third-order valence-electron chi connectivity index (χ3n) is 3.65. The van der Waals surface area contributed by atoms with Crippen LogP contribution in [-0.4, -0.2) is 47.1 Å². The molecule has 0 atom stereocenters. The minimum atomic E-state index is -0.110. The smallest absolute Gasteiger partial charge is 0.272 e. The van der Waals surface area contributed by atoms with E-state index >= 15 is 0 Å². The minimum Gasteiger partial charge on any atom is -0.378 e. The van der Waals surface area contributed by atoms with Crippen molar-refractivity contribution in [1.82, 2.24) is 14.9 Å². The van der Waals surface area contributed by atoms with Gasteiger partial charge < -0.3 is 15.0 Å². The van der Waals surface area contributed by atoms with Gasteiger partial charge in [0.2, 0.25) is 0 Å². The quantitative estimate of drug-likeness (QED) is 0.936. The van der Waals surface area contributed by atoms with Crippen LogP contribution in [0.3, 0.4) is 0 Å². The Kier molecular flexibility index (Phi) is 4.73. The first-order valence-corrected chi connectivity index (χ1v) is 7.73. The van der Waals surface area contributed by atoms with Gasteiger partial charge in [-0.3, -0.25) is 4.79 Å². The van der Waals surface area contributed by atoms with Gasteiger partial charge in [-0.1, -0.05) is 17.7 Å². The molecular formula is C16H17ClN4O2. The fourth-order valence-electron chi connectivity index (χ4n) is 2.34. The van der Waals surface area contributed by atoms with E-state index in [1.807, 2.05) is 25.1 Å². The Morgan fingerprint density at radius 1 is 1.26 bits per heavy atom. The van der Waals surface area contributed by atoms with Crippen LogP contribution in [0.4, 0.5) is 11.5 Å². The number of nitrogens with zero attached hydrogens (tertiary/aromatic N) is 3. The van der Waals surface area contributed by atoms with E-state index in [2.05, 4.69) is 15.3 Å². The number of halogens is 1. The molecule has 3 rings (SSSR count). The number of carbonyl (C=O) groups excluding carboxylic acids is 1. The fourth-order valence-corrected chi connectivity index (χ4v) is 2.51. The van der Waals surface area contributed by atoms with Crippen molar-refractivity contribution >= 4 is 29.0 Å². The lowest BCUT2D eigenvalue weighted by Crippen LogP contribution is -2.41. The summed E-state index contributed by atoms with van der Waals surface area (Å²) in [6.45, 7) is 4.25. The summed E-state index contributed by atoms with van der Waals surface area (Å²) in [6.07, 6.45) is 1.38. The fraction of sp³-hybridized carbons (Fsp3) is 0.312. The van der Waals surface area contributed by atoms with Crippen LogP contribution >= 0.6 is 11.6 Å². The lowest BCUT2D eigenvalue weighted by molar-refractivity contribution is 0.0299. The minimum absolute atomic E-state index is 0.110. The lowest BCUT2D eigenvalue weighted by atomic mass is 10.2. The number of aryl methyl sites for hydroxylation is 1. The Balaban J connectivity index is 1.79. The van der Waals surface area contributed by atoms with Crippen LogP contribution in [0.1, 0.15) is 16.1 Å². The predicted molar refractivity (Wildman–Crippen MR) is 88.2 cm³/mol. The molecule has 1 aliphatic rings. The van der Waals surface area contributed by atoms with Gasteiger partial charge in [-0.05, 0) is 24.6 Å². The molecule has 1 amide bonds. The van der Waals surface area contributed by atoms with Crippen molar-refractivity contribution in [3.05, 3.63) is 46.9 Å². The Morgan fingerprint density at radius 3 is 2.83 bits per heavy atom. The summed E-state index contributed by atoms with van der Waals surface area (Å²) < 4.78 is 5.26. The molecule has 0 spiro atoms. The second-order valence-electron chi connectivity index (χ2n) is 5.28. The predicted octanol–water partition coefficient (Wildman–Crippen LogP) is 2.65. The first-order valence-electron chi connectivity index (χ1n) is 7.36. The number of ether oxygens (including phenoxy) is 1. The normalized spacial score (nSPS) is 14.6. The molecule has 0 radical (unpaired) electrons. The number of anilines is 2. The van der Waals surface area contributed by atoms with Gasteiger partial charge in [-0.25, -0.2) is 9.97 Å². The number of rotatable bonds is 3. The summed E-state index contributed by atoms with van der Waals surface area (Å²) in [5, 5.41) is 3.82. The number of amides is 1. The van der Waals surface area contributed by atoms with E-state index in [0.717, 1.165) is 11.3 Å². The molecule has 6 nitrogen and oxygen atoms in total. The molecule has 2 aromatic rings. The van der Waals surface area contributed by atoms with Crippen molar-refractivity contribution in [3.63, 3.8) is 0 Å². The van der Waals surface area contributed by atoms with Crippen LogP contribution in [-0.2, 0) is 4.74 Å². The largest absolute Gasteiger partial charge is 0.378 e. The van der Waals surface area contributed by atoms with Crippen LogP contribution < -0.4 is 5.32 Å². The molecule has 0 aliphatic carbocycles. The second kappa shape index (κ2) is 6.93. The van der Waals surface area contributed by atoms with E-state index in [1.54, 1.807) is 11.0 Å². The molecule has 23 heavy (non-hydrogen) atoms. The van der Waals surface area contributed by atoms with E-state index in [0.29, 0.717) is 42.8 Å². The third-order valence-corrected chi connectivity index (χ3v) is 3.88. The number of nitrogens with one attached hydrogen (secondary N) is 1. The van der Waals surface area contributed by atoms with Gasteiger partial charge in [0.05, 0.1) is 13.2 Å². The SMILES string of the molecule is Cc1ccc(Cl)cc1Nc1cc(C(=O)N2CCOCC2)ncn1. The molecule has 120 valence electrons.